The fraction of sp³-hybridized carbons (Fsp3) is 0.556. The average molecular weight is 409 g/mol. The van der Waals surface area contributed by atoms with Gasteiger partial charge in [-0.1, -0.05) is 0 Å². The highest BCUT2D eigenvalue weighted by molar-refractivity contribution is 5.68. The van der Waals surface area contributed by atoms with E-state index in [0.29, 0.717) is 0 Å². The summed E-state index contributed by atoms with van der Waals surface area (Å²) in [6, 6.07) is 0.0427. The van der Waals surface area contributed by atoms with Crippen molar-refractivity contribution in [2.24, 2.45) is 0 Å². The molecule has 0 aliphatic rings. The predicted molar refractivity (Wildman–Crippen MR) is 91.6 cm³/mol. The van der Waals surface area contributed by atoms with Crippen molar-refractivity contribution in [2.75, 3.05) is 6.61 Å². The maximum absolute atomic E-state index is 13.8. The van der Waals surface area contributed by atoms with Crippen molar-refractivity contribution >= 4 is 12.1 Å². The van der Waals surface area contributed by atoms with E-state index in [4.69, 9.17) is 14.6 Å². The first kappa shape index (κ1) is 23.5. The van der Waals surface area contributed by atoms with Crippen LogP contribution in [0.3, 0.4) is 0 Å². The van der Waals surface area contributed by atoms with Crippen molar-refractivity contribution in [3.05, 3.63) is 29.1 Å². The number of hydrogen-bond donors (Lipinski definition) is 2. The molecule has 1 aromatic rings. The minimum absolute atomic E-state index is 0.0443. The van der Waals surface area contributed by atoms with Gasteiger partial charge in [-0.05, 0) is 46.2 Å². The minimum atomic E-state index is -4.91. The number of carbonyl (C=O) groups is 2. The highest BCUT2D eigenvalue weighted by atomic mass is 19.4. The minimum Gasteiger partial charge on any atom is -0.493 e. The lowest BCUT2D eigenvalue weighted by Crippen LogP contribution is -2.34. The van der Waals surface area contributed by atoms with E-state index in [1.165, 1.54) is 6.92 Å². The molecule has 28 heavy (non-hydrogen) atoms. The number of carboxylic acids is 1. The molecule has 0 aromatic heterocycles. The zero-order chi connectivity index (χ0) is 21.7. The van der Waals surface area contributed by atoms with Crippen molar-refractivity contribution in [3.63, 3.8) is 0 Å². The van der Waals surface area contributed by atoms with Gasteiger partial charge in [0.1, 0.15) is 22.7 Å². The summed E-state index contributed by atoms with van der Waals surface area (Å²) in [5.41, 5.74) is -2.43. The molecule has 0 aliphatic carbocycles. The highest BCUT2D eigenvalue weighted by Gasteiger charge is 2.37. The Bertz CT molecular complexity index is 713. The van der Waals surface area contributed by atoms with Crippen LogP contribution in [0.5, 0.6) is 5.75 Å². The van der Waals surface area contributed by atoms with E-state index in [1.54, 1.807) is 20.8 Å². The Morgan fingerprint density at radius 3 is 2.32 bits per heavy atom. The van der Waals surface area contributed by atoms with Gasteiger partial charge < -0.3 is 19.9 Å². The van der Waals surface area contributed by atoms with E-state index >= 15 is 0 Å². The molecule has 1 rings (SSSR count). The van der Waals surface area contributed by atoms with Gasteiger partial charge in [0.2, 0.25) is 0 Å². The number of alkyl carbamates (subject to hydrolysis) is 1. The number of nitrogens with one attached hydrogen (secondary N) is 1. The maximum atomic E-state index is 13.8. The van der Waals surface area contributed by atoms with E-state index in [1.807, 2.05) is 0 Å². The summed E-state index contributed by atoms with van der Waals surface area (Å²) in [4.78, 5) is 22.4. The van der Waals surface area contributed by atoms with Gasteiger partial charge in [-0.25, -0.2) is 9.18 Å². The SMILES string of the molecule is C[C@@H](NC(=O)OC(C)(C)C)c1cc(F)cc(C(F)(F)F)c1OCCCC(=O)O. The lowest BCUT2D eigenvalue weighted by molar-refractivity contribution is -0.140. The summed E-state index contributed by atoms with van der Waals surface area (Å²) in [5.74, 6) is -2.94. The Hall–Kier alpha value is -2.52. The molecular weight excluding hydrogens is 386 g/mol. The molecular formula is C18H23F4NO5. The Balaban J connectivity index is 3.18. The van der Waals surface area contributed by atoms with E-state index in [9.17, 15) is 27.2 Å². The molecule has 158 valence electrons. The zero-order valence-electron chi connectivity index (χ0n) is 15.9. The normalized spacial score (nSPS) is 13.0. The number of ether oxygens (including phenoxy) is 2. The van der Waals surface area contributed by atoms with Crippen LogP contribution in [0.25, 0.3) is 0 Å². The number of carbonyl (C=O) groups excluding carboxylic acids is 1. The van der Waals surface area contributed by atoms with Gasteiger partial charge in [-0.15, -0.1) is 0 Å². The Kier molecular flexibility index (Phi) is 7.66. The van der Waals surface area contributed by atoms with Crippen LogP contribution < -0.4 is 10.1 Å². The van der Waals surface area contributed by atoms with Gasteiger partial charge in [0.25, 0.3) is 0 Å². The Morgan fingerprint density at radius 1 is 1.21 bits per heavy atom. The third-order valence-electron chi connectivity index (χ3n) is 3.37. The van der Waals surface area contributed by atoms with Gasteiger partial charge in [-0.3, -0.25) is 4.79 Å². The Morgan fingerprint density at radius 2 is 1.82 bits per heavy atom. The monoisotopic (exact) mass is 409 g/mol. The molecule has 0 radical (unpaired) electrons. The number of alkyl halides is 3. The lowest BCUT2D eigenvalue weighted by atomic mass is 10.0. The van der Waals surface area contributed by atoms with Gasteiger partial charge in [0, 0.05) is 12.0 Å². The van der Waals surface area contributed by atoms with Crippen LogP contribution in [-0.4, -0.2) is 29.4 Å². The van der Waals surface area contributed by atoms with Crippen LogP contribution in [0.4, 0.5) is 22.4 Å². The number of benzene rings is 1. The number of amides is 1. The van der Waals surface area contributed by atoms with Crippen molar-refractivity contribution in [1.29, 1.82) is 0 Å². The molecule has 0 heterocycles. The van der Waals surface area contributed by atoms with Crippen LogP contribution >= 0.6 is 0 Å². The van der Waals surface area contributed by atoms with Gasteiger partial charge in [0.15, 0.2) is 0 Å². The third-order valence-corrected chi connectivity index (χ3v) is 3.37. The van der Waals surface area contributed by atoms with Gasteiger partial charge in [0.05, 0.1) is 12.6 Å². The summed E-state index contributed by atoms with van der Waals surface area (Å²) in [6.07, 6.45) is -6.15. The second-order valence-electron chi connectivity index (χ2n) is 7.08. The summed E-state index contributed by atoms with van der Waals surface area (Å²) in [7, 11) is 0. The van der Waals surface area contributed by atoms with Crippen LogP contribution in [-0.2, 0) is 15.7 Å². The molecule has 2 N–H and O–H groups in total. The molecule has 0 spiro atoms. The van der Waals surface area contributed by atoms with Crippen LogP contribution in [0.2, 0.25) is 0 Å². The Labute approximate surface area is 159 Å². The van der Waals surface area contributed by atoms with Crippen molar-refractivity contribution in [1.82, 2.24) is 5.32 Å². The number of halogens is 4. The standard InChI is InChI=1S/C18H23F4NO5/c1-10(23-16(26)28-17(2,3)4)12-8-11(19)9-13(18(20,21)22)15(12)27-7-5-6-14(24)25/h8-10H,5-7H2,1-4H3,(H,23,26)(H,24,25)/t10-/m1/s1. The fourth-order valence-corrected chi connectivity index (χ4v) is 2.27. The zero-order valence-corrected chi connectivity index (χ0v) is 15.9. The molecule has 1 aromatic carbocycles. The highest BCUT2D eigenvalue weighted by Crippen LogP contribution is 2.41. The number of carboxylic acid groups (broad SMARTS) is 1. The summed E-state index contributed by atoms with van der Waals surface area (Å²) in [5, 5.41) is 11.0. The second-order valence-corrected chi connectivity index (χ2v) is 7.08. The van der Waals surface area contributed by atoms with Crippen LogP contribution in [0.15, 0.2) is 12.1 Å². The molecule has 0 aliphatic heterocycles. The predicted octanol–water partition coefficient (Wildman–Crippen LogP) is 4.67. The number of rotatable bonds is 7. The first-order valence-electron chi connectivity index (χ1n) is 8.45. The van der Waals surface area contributed by atoms with Crippen molar-refractivity contribution in [2.45, 2.75) is 58.4 Å². The van der Waals surface area contributed by atoms with Gasteiger partial charge in [-0.2, -0.15) is 13.2 Å². The summed E-state index contributed by atoms with van der Waals surface area (Å²) in [6.45, 7) is 5.85. The van der Waals surface area contributed by atoms with Crippen molar-refractivity contribution < 1.29 is 41.7 Å². The summed E-state index contributed by atoms with van der Waals surface area (Å²) >= 11 is 0. The topological polar surface area (TPSA) is 84.9 Å². The smallest absolute Gasteiger partial charge is 0.420 e. The largest absolute Gasteiger partial charge is 0.493 e. The number of aliphatic carboxylic acids is 1. The van der Waals surface area contributed by atoms with Crippen LogP contribution in [0, 0.1) is 5.82 Å². The number of hydrogen-bond acceptors (Lipinski definition) is 4. The first-order chi connectivity index (χ1) is 12.7. The second kappa shape index (κ2) is 9.11. The van der Waals surface area contributed by atoms with Crippen LogP contribution in [0.1, 0.15) is 57.7 Å². The quantitative estimate of drug-likeness (QED) is 0.505. The van der Waals surface area contributed by atoms with E-state index < -0.39 is 47.0 Å². The van der Waals surface area contributed by atoms with E-state index in [2.05, 4.69) is 5.32 Å². The molecule has 1 atom stereocenters. The van der Waals surface area contributed by atoms with Crippen molar-refractivity contribution in [3.8, 4) is 5.75 Å². The summed E-state index contributed by atoms with van der Waals surface area (Å²) < 4.78 is 64.1. The molecule has 0 saturated heterocycles. The molecule has 6 nitrogen and oxygen atoms in total. The molecule has 10 heteroatoms. The van der Waals surface area contributed by atoms with E-state index in [-0.39, 0.29) is 31.1 Å². The molecule has 0 fully saturated rings. The molecule has 1 amide bonds. The average Bonchev–Trinajstić information content (AvgIpc) is 2.48. The fourth-order valence-electron chi connectivity index (χ4n) is 2.27. The molecule has 0 bridgehead atoms. The first-order valence-corrected chi connectivity index (χ1v) is 8.45. The van der Waals surface area contributed by atoms with E-state index in [0.717, 1.165) is 6.07 Å². The third kappa shape index (κ3) is 7.61. The molecule has 0 saturated carbocycles. The molecule has 0 unspecified atom stereocenters. The maximum Gasteiger partial charge on any atom is 0.420 e. The lowest BCUT2D eigenvalue weighted by Gasteiger charge is -2.24. The van der Waals surface area contributed by atoms with Gasteiger partial charge >= 0.3 is 18.2 Å².